The van der Waals surface area contributed by atoms with Gasteiger partial charge >= 0.3 is 0 Å². The van der Waals surface area contributed by atoms with Gasteiger partial charge in [-0.15, -0.1) is 12.3 Å². The topological polar surface area (TPSA) is 20.2 Å². The fraction of sp³-hybridized carbons (Fsp3) is 0.667. The van der Waals surface area contributed by atoms with E-state index in [4.69, 9.17) is 6.42 Å². The van der Waals surface area contributed by atoms with E-state index in [0.717, 1.165) is 32.1 Å². The average Bonchev–Trinajstić information content (AvgIpc) is 2.27. The summed E-state index contributed by atoms with van der Waals surface area (Å²) in [6, 6.07) is 0. The van der Waals surface area contributed by atoms with Gasteiger partial charge in [-0.05, 0) is 26.2 Å². The maximum atomic E-state index is 10.2. The Hall–Kier alpha value is -0.920. The number of terminal acetylenes is 1. The summed E-state index contributed by atoms with van der Waals surface area (Å²) in [6.45, 7) is 1.75. The first kappa shape index (κ1) is 10.2. The first-order chi connectivity index (χ1) is 6.23. The number of aliphatic hydroxyl groups is 1. The van der Waals surface area contributed by atoms with E-state index in [9.17, 15) is 5.11 Å². The van der Waals surface area contributed by atoms with Crippen LogP contribution in [0.5, 0.6) is 0 Å². The third-order valence-electron chi connectivity index (χ3n) is 2.67. The summed E-state index contributed by atoms with van der Waals surface area (Å²) in [5, 5.41) is 10.2. The van der Waals surface area contributed by atoms with E-state index in [0.29, 0.717) is 0 Å². The van der Waals surface area contributed by atoms with Crippen molar-refractivity contribution in [3.8, 4) is 24.2 Å². The van der Waals surface area contributed by atoms with E-state index in [1.165, 1.54) is 0 Å². The Kier molecular flexibility index (Phi) is 3.40. The van der Waals surface area contributed by atoms with Crippen molar-refractivity contribution in [3.05, 3.63) is 0 Å². The maximum Gasteiger partial charge on any atom is 0.139 e. The lowest BCUT2D eigenvalue weighted by molar-refractivity contribution is 0.0550. The highest BCUT2D eigenvalue weighted by Gasteiger charge is 2.34. The van der Waals surface area contributed by atoms with Crippen LogP contribution >= 0.6 is 0 Å². The van der Waals surface area contributed by atoms with Crippen LogP contribution in [0.2, 0.25) is 0 Å². The molecule has 0 saturated heterocycles. The van der Waals surface area contributed by atoms with Gasteiger partial charge in [0.1, 0.15) is 5.60 Å². The zero-order valence-electron chi connectivity index (χ0n) is 8.14. The van der Waals surface area contributed by atoms with Crippen molar-refractivity contribution in [2.75, 3.05) is 0 Å². The van der Waals surface area contributed by atoms with Crippen LogP contribution in [0.1, 0.15) is 39.0 Å². The van der Waals surface area contributed by atoms with Crippen LogP contribution in [0, 0.1) is 30.1 Å². The molecule has 0 aromatic heterocycles. The van der Waals surface area contributed by atoms with E-state index in [1.54, 1.807) is 6.92 Å². The van der Waals surface area contributed by atoms with Gasteiger partial charge in [-0.25, -0.2) is 0 Å². The molecule has 1 nitrogen and oxygen atoms in total. The van der Waals surface area contributed by atoms with Crippen molar-refractivity contribution in [2.24, 2.45) is 5.92 Å². The van der Waals surface area contributed by atoms with Crippen LogP contribution in [0.4, 0.5) is 0 Å². The fourth-order valence-electron chi connectivity index (χ4n) is 1.92. The molecule has 0 bridgehead atoms. The molecule has 0 spiro atoms. The van der Waals surface area contributed by atoms with Crippen LogP contribution < -0.4 is 0 Å². The Labute approximate surface area is 80.5 Å². The molecular weight excluding hydrogens is 160 g/mol. The second kappa shape index (κ2) is 4.35. The predicted molar refractivity (Wildman–Crippen MR) is 53.8 cm³/mol. The van der Waals surface area contributed by atoms with Crippen LogP contribution in [-0.2, 0) is 0 Å². The second-order valence-electron chi connectivity index (χ2n) is 3.62. The molecule has 0 heterocycles. The van der Waals surface area contributed by atoms with Crippen LogP contribution in [0.15, 0.2) is 0 Å². The molecule has 0 aromatic rings. The molecule has 0 aromatic carbocycles. The molecule has 0 aliphatic heterocycles. The summed E-state index contributed by atoms with van der Waals surface area (Å²) >= 11 is 0. The van der Waals surface area contributed by atoms with Crippen molar-refractivity contribution < 1.29 is 5.11 Å². The van der Waals surface area contributed by atoms with Crippen LogP contribution in [-0.4, -0.2) is 10.7 Å². The van der Waals surface area contributed by atoms with E-state index in [2.05, 4.69) is 17.8 Å². The highest BCUT2D eigenvalue weighted by Crippen LogP contribution is 2.31. The van der Waals surface area contributed by atoms with Gasteiger partial charge in [-0.1, -0.05) is 24.7 Å². The van der Waals surface area contributed by atoms with Gasteiger partial charge in [-0.3, -0.25) is 0 Å². The van der Waals surface area contributed by atoms with Crippen molar-refractivity contribution >= 4 is 0 Å². The normalized spacial score (nSPS) is 33.8. The summed E-state index contributed by atoms with van der Waals surface area (Å²) in [6.07, 6.45) is 10.3. The molecule has 0 amide bonds. The van der Waals surface area contributed by atoms with Gasteiger partial charge in [0, 0.05) is 0 Å². The highest BCUT2D eigenvalue weighted by molar-refractivity contribution is 5.20. The lowest BCUT2D eigenvalue weighted by Crippen LogP contribution is -2.34. The van der Waals surface area contributed by atoms with Crippen LogP contribution in [0.3, 0.4) is 0 Å². The monoisotopic (exact) mass is 176 g/mol. The molecular formula is C12H16O. The molecule has 1 N–H and O–H groups in total. The number of hydrogen-bond acceptors (Lipinski definition) is 1. The molecule has 2 unspecified atom stereocenters. The lowest BCUT2D eigenvalue weighted by atomic mass is 9.84. The van der Waals surface area contributed by atoms with Gasteiger partial charge in [-0.2, -0.15) is 0 Å². The molecule has 13 heavy (non-hydrogen) atoms. The minimum atomic E-state index is -0.917. The van der Waals surface area contributed by atoms with Gasteiger partial charge in [0.2, 0.25) is 0 Å². The summed E-state index contributed by atoms with van der Waals surface area (Å²) in [4.78, 5) is 0. The second-order valence-corrected chi connectivity index (χ2v) is 3.62. The minimum Gasteiger partial charge on any atom is -0.376 e. The largest absolute Gasteiger partial charge is 0.376 e. The lowest BCUT2D eigenvalue weighted by Gasteiger charge is -2.25. The Morgan fingerprint density at radius 2 is 2.15 bits per heavy atom. The molecule has 0 radical (unpaired) electrons. The Morgan fingerprint density at radius 3 is 2.77 bits per heavy atom. The fourth-order valence-corrected chi connectivity index (χ4v) is 1.92. The Balaban J connectivity index is 2.86. The van der Waals surface area contributed by atoms with E-state index < -0.39 is 5.60 Å². The van der Waals surface area contributed by atoms with Crippen molar-refractivity contribution in [1.82, 2.24) is 0 Å². The number of rotatable bonds is 0. The Bertz CT molecular complexity index is 263. The van der Waals surface area contributed by atoms with Crippen molar-refractivity contribution in [2.45, 2.75) is 44.6 Å². The third kappa shape index (κ3) is 2.27. The van der Waals surface area contributed by atoms with E-state index in [-0.39, 0.29) is 5.92 Å². The molecule has 1 saturated carbocycles. The summed E-state index contributed by atoms with van der Waals surface area (Å²) in [5.74, 6) is 8.23. The minimum absolute atomic E-state index is 0.0811. The molecule has 2 atom stereocenters. The summed E-state index contributed by atoms with van der Waals surface area (Å²) in [7, 11) is 0. The SMILES string of the molecule is C#CC1CCCCCC1(O)C#CC. The number of hydrogen-bond donors (Lipinski definition) is 1. The summed E-state index contributed by atoms with van der Waals surface area (Å²) < 4.78 is 0. The predicted octanol–water partition coefficient (Wildman–Crippen LogP) is 1.95. The Morgan fingerprint density at radius 1 is 1.38 bits per heavy atom. The van der Waals surface area contributed by atoms with Gasteiger partial charge < -0.3 is 5.11 Å². The first-order valence-corrected chi connectivity index (χ1v) is 4.85. The van der Waals surface area contributed by atoms with Gasteiger partial charge in [0.15, 0.2) is 0 Å². The smallest absolute Gasteiger partial charge is 0.139 e. The molecule has 1 aliphatic carbocycles. The molecule has 1 heteroatoms. The molecule has 1 fully saturated rings. The molecule has 1 aliphatic rings. The maximum absolute atomic E-state index is 10.2. The van der Waals surface area contributed by atoms with E-state index >= 15 is 0 Å². The average molecular weight is 176 g/mol. The highest BCUT2D eigenvalue weighted by atomic mass is 16.3. The van der Waals surface area contributed by atoms with Crippen molar-refractivity contribution in [3.63, 3.8) is 0 Å². The van der Waals surface area contributed by atoms with Gasteiger partial charge in [0.05, 0.1) is 5.92 Å². The molecule has 1 rings (SSSR count). The standard InChI is InChI=1S/C12H16O/c1-3-9-12(13)10-7-5-6-8-11(12)4-2/h2,11,13H,5-8,10H2,1H3. The first-order valence-electron chi connectivity index (χ1n) is 4.85. The zero-order chi connectivity index (χ0) is 9.73. The molecule has 70 valence electrons. The zero-order valence-corrected chi connectivity index (χ0v) is 8.14. The summed E-state index contributed by atoms with van der Waals surface area (Å²) in [5.41, 5.74) is -0.917. The third-order valence-corrected chi connectivity index (χ3v) is 2.67. The van der Waals surface area contributed by atoms with Gasteiger partial charge in [0.25, 0.3) is 0 Å². The van der Waals surface area contributed by atoms with Crippen molar-refractivity contribution in [1.29, 1.82) is 0 Å². The van der Waals surface area contributed by atoms with Crippen LogP contribution in [0.25, 0.3) is 0 Å². The quantitative estimate of drug-likeness (QED) is 0.442. The van der Waals surface area contributed by atoms with E-state index in [1.807, 2.05) is 0 Å².